The fourth-order valence-corrected chi connectivity index (χ4v) is 12.7. The third-order valence-corrected chi connectivity index (χ3v) is 18.3. The highest BCUT2D eigenvalue weighted by atomic mass is 32.1. The molecule has 0 saturated heterocycles. The van der Waals surface area contributed by atoms with Gasteiger partial charge in [0.15, 0.2) is 0 Å². The molecule has 12 nitrogen and oxygen atoms in total. The molecule has 0 amide bonds. The van der Waals surface area contributed by atoms with Crippen molar-refractivity contribution in [2.45, 2.75) is 349 Å². The van der Waals surface area contributed by atoms with Gasteiger partial charge in [0, 0.05) is 102 Å². The summed E-state index contributed by atoms with van der Waals surface area (Å²) in [5, 5.41) is 19.7. The molecule has 8 rings (SSSR count). The molecule has 103 heavy (non-hydrogen) atoms. The minimum absolute atomic E-state index is 0.415. The number of pyridine rings is 2. The Labute approximate surface area is 637 Å². The highest BCUT2D eigenvalue weighted by Crippen LogP contribution is 2.25. The summed E-state index contributed by atoms with van der Waals surface area (Å²) in [6.07, 6.45) is 16.8. The highest BCUT2D eigenvalue weighted by Gasteiger charge is 2.16. The fraction of sp³-hybridized carbons (Fsp3) is 0.678. The van der Waals surface area contributed by atoms with Gasteiger partial charge in [0.25, 0.3) is 0 Å². The average molecular weight is 1440 g/mol. The maximum Gasteiger partial charge on any atom is 0.106 e. The number of aromatic nitrogens is 11. The molecule has 582 valence electrons. The summed E-state index contributed by atoms with van der Waals surface area (Å²) in [6.45, 7) is 80.7. The lowest BCUT2D eigenvalue weighted by molar-refractivity contribution is 0.368. The van der Waals surface area contributed by atoms with E-state index in [2.05, 4.69) is 348 Å². The van der Waals surface area contributed by atoms with E-state index in [0.717, 1.165) is 97.6 Å². The summed E-state index contributed by atoms with van der Waals surface area (Å²) in [4.78, 5) is 13.3. The van der Waals surface area contributed by atoms with Crippen molar-refractivity contribution in [2.75, 3.05) is 0 Å². The van der Waals surface area contributed by atoms with Gasteiger partial charge in [-0.2, -0.15) is 0 Å². The first-order valence-electron chi connectivity index (χ1n) is 40.0. The number of furan rings is 1. The molecular formula is C90H155N11OS. The van der Waals surface area contributed by atoms with Crippen molar-refractivity contribution in [2.24, 2.45) is 53.3 Å². The van der Waals surface area contributed by atoms with Crippen LogP contribution in [0.3, 0.4) is 0 Å². The Morgan fingerprint density at radius 2 is 0.932 bits per heavy atom. The molecule has 0 spiro atoms. The number of hydrogen-bond donors (Lipinski definition) is 0. The maximum absolute atomic E-state index is 5.66. The molecule has 0 radical (unpaired) electrons. The predicted octanol–water partition coefficient (Wildman–Crippen LogP) is 25.8. The van der Waals surface area contributed by atoms with E-state index in [9.17, 15) is 0 Å². The Morgan fingerprint density at radius 1 is 0.427 bits per heavy atom. The van der Waals surface area contributed by atoms with E-state index in [-0.39, 0.29) is 0 Å². The van der Waals surface area contributed by atoms with Gasteiger partial charge in [0.2, 0.25) is 0 Å². The van der Waals surface area contributed by atoms with Crippen LogP contribution in [0.4, 0.5) is 0 Å². The standard InChI is InChI=1S/C14H25N.C13H23N.2C12H19N.C11H18O.C10H17NS.2C9H17N3/c1-10(2)7-14-8-12(5)15(13(14)6)9-11(3)4;1-9(2)7-13-8-11(5)14(10(3)4)12(13)6;1-9(2)7-11-5-6-13-12(8-11)10(3)4;1-9(2)7-11-5-6-12(10(3)4)13-8-11;1-8(2)7-10-5-6-11(12-10)9(3)4;1-7(2)5-10-11-9(6-12-10)8(3)4;1-7(2)5-9-6-12(8(3)4)11-10-9;1-5-9-6-12(11-10-9)8(4)7(2)3/h8,10-11H,7,9H2,1-6H3;8-10H,7H2,1-6H3;2*5-6,8-10H,7H2,1-4H3;5-6,8-9H,7H2,1-4H3;3*6-8H,5H2,1-4H3. The van der Waals surface area contributed by atoms with Crippen molar-refractivity contribution in [3.05, 3.63) is 169 Å². The Bertz CT molecular complexity index is 3330. The van der Waals surface area contributed by atoms with E-state index in [1.54, 1.807) is 11.3 Å². The van der Waals surface area contributed by atoms with Crippen molar-refractivity contribution in [1.29, 1.82) is 0 Å². The van der Waals surface area contributed by atoms with Crippen molar-refractivity contribution in [1.82, 2.24) is 54.1 Å². The summed E-state index contributed by atoms with van der Waals surface area (Å²) in [5.74, 6) is 10.7. The summed E-state index contributed by atoms with van der Waals surface area (Å²) in [7, 11) is 0. The average Bonchev–Trinajstić information content (AvgIpc) is 1.69. The number of aryl methyl sites for hydroxylation is 3. The minimum atomic E-state index is 0.415. The topological polar surface area (TPSA) is 123 Å². The zero-order valence-corrected chi connectivity index (χ0v) is 73.7. The molecular weight excluding hydrogens is 1280 g/mol. The Kier molecular flexibility index (Phi) is 45.2. The Balaban J connectivity index is 0.000000589. The third-order valence-electron chi connectivity index (χ3n) is 17.4. The molecule has 8 aromatic heterocycles. The normalized spacial score (nSPS) is 11.8. The van der Waals surface area contributed by atoms with Crippen LogP contribution in [0, 0.1) is 81.0 Å². The lowest BCUT2D eigenvalue weighted by Gasteiger charge is -2.14. The molecule has 8 aromatic rings. The summed E-state index contributed by atoms with van der Waals surface area (Å²) in [6, 6.07) is 19.0. The third kappa shape index (κ3) is 38.8. The van der Waals surface area contributed by atoms with E-state index in [1.165, 1.54) is 80.0 Å². The summed E-state index contributed by atoms with van der Waals surface area (Å²) < 4.78 is 14.4. The van der Waals surface area contributed by atoms with Crippen LogP contribution in [0.5, 0.6) is 0 Å². The predicted molar refractivity (Wildman–Crippen MR) is 448 cm³/mol. The van der Waals surface area contributed by atoms with E-state index in [0.29, 0.717) is 65.5 Å². The molecule has 0 saturated carbocycles. The Hall–Kier alpha value is -5.95. The van der Waals surface area contributed by atoms with Crippen LogP contribution in [-0.4, -0.2) is 54.1 Å². The lowest BCUT2D eigenvalue weighted by Crippen LogP contribution is -2.11. The first kappa shape index (κ1) is 95.1. The zero-order valence-electron chi connectivity index (χ0n) is 72.8. The largest absolute Gasteiger partial charge is 0.466 e. The minimum Gasteiger partial charge on any atom is -0.466 e. The van der Waals surface area contributed by atoms with Gasteiger partial charge in [0.1, 0.15) is 11.5 Å². The van der Waals surface area contributed by atoms with Crippen molar-refractivity contribution in [3.8, 4) is 0 Å². The van der Waals surface area contributed by atoms with Gasteiger partial charge in [0.05, 0.1) is 28.1 Å². The molecule has 1 atom stereocenters. The maximum atomic E-state index is 5.66. The number of thiazole rings is 1. The van der Waals surface area contributed by atoms with Gasteiger partial charge in [-0.05, 0) is 237 Å². The highest BCUT2D eigenvalue weighted by molar-refractivity contribution is 7.09. The summed E-state index contributed by atoms with van der Waals surface area (Å²) >= 11 is 1.80. The van der Waals surface area contributed by atoms with Gasteiger partial charge in [-0.25, -0.2) is 14.3 Å². The van der Waals surface area contributed by atoms with Crippen molar-refractivity contribution in [3.63, 3.8) is 0 Å². The van der Waals surface area contributed by atoms with Gasteiger partial charge < -0.3 is 13.6 Å². The monoisotopic (exact) mass is 1440 g/mol. The SMILES string of the molecule is CC(C)Cc1ccc(C(C)C)nc1.CC(C)Cc1ccc(C(C)C)o1.CC(C)Cc1ccnc(C(C)C)c1.CC(C)Cc1cn(C(C)C)nn1.CC(C)Cc1nc(C(C)C)cs1.CCc1cn(C(C)C(C)C)nn1.Cc1cc(CC(C)C)c(C)n1C(C)C.Cc1cc(CC(C)C)c(C)n1CC(C)C. The number of rotatable bonds is 25. The molecule has 0 aromatic carbocycles. The number of nitrogens with zero attached hydrogens (tertiary/aromatic N) is 11. The Morgan fingerprint density at radius 3 is 1.35 bits per heavy atom. The molecule has 1 unspecified atom stereocenters. The van der Waals surface area contributed by atoms with Gasteiger partial charge in [-0.3, -0.25) is 9.97 Å². The van der Waals surface area contributed by atoms with E-state index < -0.39 is 0 Å². The molecule has 13 heteroatoms. The van der Waals surface area contributed by atoms with Crippen molar-refractivity contribution < 1.29 is 4.42 Å². The zero-order chi connectivity index (χ0) is 78.7. The van der Waals surface area contributed by atoms with Crippen LogP contribution in [-0.2, 0) is 57.9 Å². The van der Waals surface area contributed by atoms with Crippen LogP contribution < -0.4 is 0 Å². The van der Waals surface area contributed by atoms with Crippen LogP contribution in [0.15, 0.2) is 83.1 Å². The fourth-order valence-electron chi connectivity index (χ4n) is 11.5. The van der Waals surface area contributed by atoms with Crippen molar-refractivity contribution >= 4 is 11.3 Å². The summed E-state index contributed by atoms with van der Waals surface area (Å²) in [5.41, 5.74) is 17.3. The second-order valence-corrected chi connectivity index (χ2v) is 35.5. The first-order valence-corrected chi connectivity index (χ1v) is 40.9. The molecule has 0 bridgehead atoms. The van der Waals surface area contributed by atoms with E-state index in [1.807, 2.05) is 34.2 Å². The van der Waals surface area contributed by atoms with Gasteiger partial charge in [-0.15, -0.1) is 21.5 Å². The van der Waals surface area contributed by atoms with Crippen LogP contribution in [0.25, 0.3) is 0 Å². The molecule has 0 fully saturated rings. The second kappa shape index (κ2) is 49.0. The molecule has 0 aliphatic carbocycles. The molecule has 0 N–H and O–H groups in total. The first-order chi connectivity index (χ1) is 48.0. The van der Waals surface area contributed by atoms with Crippen LogP contribution in [0.1, 0.15) is 353 Å². The van der Waals surface area contributed by atoms with E-state index in [4.69, 9.17) is 4.42 Å². The second-order valence-electron chi connectivity index (χ2n) is 34.5. The van der Waals surface area contributed by atoms with Crippen LogP contribution >= 0.6 is 11.3 Å². The molecule has 0 aliphatic rings. The van der Waals surface area contributed by atoms with Crippen LogP contribution in [0.2, 0.25) is 0 Å². The smallest absolute Gasteiger partial charge is 0.106 e. The lowest BCUT2D eigenvalue weighted by atomic mass is 10.0. The molecule has 8 heterocycles. The van der Waals surface area contributed by atoms with Gasteiger partial charge >= 0.3 is 0 Å². The van der Waals surface area contributed by atoms with E-state index >= 15 is 0 Å². The quantitative estimate of drug-likeness (QED) is 0.0554. The molecule has 0 aliphatic heterocycles. The van der Waals surface area contributed by atoms with Gasteiger partial charge in [-0.1, -0.05) is 203 Å². The number of hydrogen-bond acceptors (Lipinski definition) is 9.